The first kappa shape index (κ1) is 18.1. The maximum absolute atomic E-state index is 13.6. The maximum atomic E-state index is 13.6. The van der Waals surface area contributed by atoms with E-state index in [-0.39, 0.29) is 11.7 Å². The molecule has 3 aromatic rings. The second kappa shape index (κ2) is 7.37. The van der Waals surface area contributed by atoms with Crippen molar-refractivity contribution in [2.24, 2.45) is 5.92 Å². The highest BCUT2D eigenvalue weighted by molar-refractivity contribution is 5.85. The molecule has 27 heavy (non-hydrogen) atoms. The summed E-state index contributed by atoms with van der Waals surface area (Å²) in [5.74, 6) is -0.0667. The number of nitrogens with zero attached hydrogens (tertiary/aromatic N) is 3. The van der Waals surface area contributed by atoms with Crippen LogP contribution in [0.5, 0.6) is 0 Å². The molecule has 1 fully saturated rings. The Kier molecular flexibility index (Phi) is 4.93. The lowest BCUT2D eigenvalue weighted by molar-refractivity contribution is 0.0489. The van der Waals surface area contributed by atoms with Crippen LogP contribution in [-0.2, 0) is 0 Å². The van der Waals surface area contributed by atoms with Gasteiger partial charge in [-0.15, -0.1) is 5.10 Å². The van der Waals surface area contributed by atoms with Gasteiger partial charge in [0.1, 0.15) is 11.9 Å². The molecule has 4 rings (SSSR count). The van der Waals surface area contributed by atoms with Crippen molar-refractivity contribution in [3.05, 3.63) is 47.5 Å². The van der Waals surface area contributed by atoms with Gasteiger partial charge in [0.2, 0.25) is 0 Å². The average molecular weight is 368 g/mol. The number of benzene rings is 1. The van der Waals surface area contributed by atoms with Gasteiger partial charge >= 0.3 is 0 Å². The molecule has 142 valence electrons. The Labute approximate surface area is 158 Å². The first-order valence-electron chi connectivity index (χ1n) is 9.58. The summed E-state index contributed by atoms with van der Waals surface area (Å²) in [5, 5.41) is 20.1. The summed E-state index contributed by atoms with van der Waals surface area (Å²) >= 11 is 0. The van der Waals surface area contributed by atoms with Crippen LogP contribution in [0.3, 0.4) is 0 Å². The number of rotatable bonds is 4. The van der Waals surface area contributed by atoms with Crippen molar-refractivity contribution < 1.29 is 9.50 Å². The number of hydrogen-bond acceptors (Lipinski definition) is 4. The van der Waals surface area contributed by atoms with Crippen molar-refractivity contribution >= 4 is 10.9 Å². The van der Waals surface area contributed by atoms with E-state index in [0.717, 1.165) is 54.8 Å². The molecule has 0 bridgehead atoms. The molecule has 0 spiro atoms. The quantitative estimate of drug-likeness (QED) is 0.734. The Bertz CT molecular complexity index is 955. The van der Waals surface area contributed by atoms with E-state index in [1.807, 2.05) is 25.1 Å². The molecule has 2 aromatic heterocycles. The summed E-state index contributed by atoms with van der Waals surface area (Å²) in [6, 6.07) is 7.41. The predicted octanol–water partition coefficient (Wildman–Crippen LogP) is 3.84. The summed E-state index contributed by atoms with van der Waals surface area (Å²) < 4.78 is 13.6. The Balaban J connectivity index is 1.59. The minimum absolute atomic E-state index is 0.191. The zero-order valence-electron chi connectivity index (χ0n) is 15.7. The molecule has 0 amide bonds. The number of aryl methyl sites for hydroxylation is 1. The molecule has 0 saturated carbocycles. The van der Waals surface area contributed by atoms with Gasteiger partial charge in [-0.05, 0) is 56.6 Å². The molecule has 6 heteroatoms. The van der Waals surface area contributed by atoms with E-state index in [1.54, 1.807) is 6.07 Å². The smallest absolute Gasteiger partial charge is 0.148 e. The second-order valence-electron chi connectivity index (χ2n) is 7.44. The maximum Gasteiger partial charge on any atom is 0.148 e. The summed E-state index contributed by atoms with van der Waals surface area (Å²) in [6.07, 6.45) is 2.87. The van der Waals surface area contributed by atoms with Crippen molar-refractivity contribution in [2.45, 2.75) is 32.8 Å². The van der Waals surface area contributed by atoms with Gasteiger partial charge in [0, 0.05) is 35.1 Å². The lowest BCUT2D eigenvalue weighted by Gasteiger charge is -2.34. The van der Waals surface area contributed by atoms with Crippen LogP contribution >= 0.6 is 0 Å². The van der Waals surface area contributed by atoms with Crippen LogP contribution in [0.25, 0.3) is 22.2 Å². The third-order valence-corrected chi connectivity index (χ3v) is 5.65. The topological polar surface area (TPSA) is 65.0 Å². The number of halogens is 1. The van der Waals surface area contributed by atoms with Gasteiger partial charge < -0.3 is 15.0 Å². The van der Waals surface area contributed by atoms with Crippen LogP contribution in [0.1, 0.15) is 37.1 Å². The number of likely N-dealkylation sites (tertiary alicyclic amines) is 1. The fourth-order valence-corrected chi connectivity index (χ4v) is 4.05. The molecule has 3 heterocycles. The lowest BCUT2D eigenvalue weighted by atomic mass is 9.90. The van der Waals surface area contributed by atoms with Crippen molar-refractivity contribution in [3.63, 3.8) is 0 Å². The molecular weight excluding hydrogens is 343 g/mol. The molecular formula is C21H25FN4O. The molecule has 1 saturated heterocycles. The fraction of sp³-hybridized carbons (Fsp3) is 0.429. The van der Waals surface area contributed by atoms with Crippen LogP contribution in [0.4, 0.5) is 4.39 Å². The van der Waals surface area contributed by atoms with E-state index in [0.29, 0.717) is 11.1 Å². The van der Waals surface area contributed by atoms with Crippen LogP contribution in [0.2, 0.25) is 0 Å². The zero-order chi connectivity index (χ0) is 19.0. The number of H-pyrrole nitrogens is 1. The number of piperidine rings is 1. The third kappa shape index (κ3) is 3.47. The van der Waals surface area contributed by atoms with Gasteiger partial charge in [-0.2, -0.15) is 5.10 Å². The minimum Gasteiger partial charge on any atom is -0.386 e. The number of aromatic amines is 1. The van der Waals surface area contributed by atoms with Gasteiger partial charge in [0.25, 0.3) is 0 Å². The predicted molar refractivity (Wildman–Crippen MR) is 104 cm³/mol. The van der Waals surface area contributed by atoms with Crippen molar-refractivity contribution in [3.8, 4) is 11.3 Å². The highest BCUT2D eigenvalue weighted by Gasteiger charge is 2.28. The molecule has 0 aliphatic carbocycles. The lowest BCUT2D eigenvalue weighted by Crippen LogP contribution is -2.37. The van der Waals surface area contributed by atoms with Crippen LogP contribution in [0, 0.1) is 18.7 Å². The minimum atomic E-state index is -0.598. The average Bonchev–Trinajstić information content (AvgIpc) is 3.07. The van der Waals surface area contributed by atoms with Gasteiger partial charge in [0.05, 0.1) is 11.4 Å². The van der Waals surface area contributed by atoms with Crippen molar-refractivity contribution in [1.29, 1.82) is 0 Å². The van der Waals surface area contributed by atoms with E-state index in [9.17, 15) is 9.50 Å². The molecule has 1 aliphatic heterocycles. The Morgan fingerprint density at radius 3 is 2.96 bits per heavy atom. The number of aliphatic hydroxyl groups is 1. The molecule has 0 radical (unpaired) electrons. The molecule has 2 atom stereocenters. The standard InChI is InChI=1S/C21H25FN4O/c1-3-26-8-4-5-15(12-26)21(27)19-9-13(2)20(25-24-19)14-6-7-16-17(22)11-23-18(16)10-14/h6-7,9-11,15,21,23,27H,3-5,8,12H2,1-2H3. The summed E-state index contributed by atoms with van der Waals surface area (Å²) in [6.45, 7) is 7.13. The third-order valence-electron chi connectivity index (χ3n) is 5.65. The van der Waals surface area contributed by atoms with E-state index < -0.39 is 6.10 Å². The Morgan fingerprint density at radius 1 is 1.33 bits per heavy atom. The van der Waals surface area contributed by atoms with Crippen LogP contribution in [0.15, 0.2) is 30.5 Å². The van der Waals surface area contributed by atoms with Crippen LogP contribution in [-0.4, -0.2) is 44.8 Å². The Morgan fingerprint density at radius 2 is 2.19 bits per heavy atom. The Hall–Kier alpha value is -2.31. The van der Waals surface area contributed by atoms with Crippen molar-refractivity contribution in [2.75, 3.05) is 19.6 Å². The van der Waals surface area contributed by atoms with Crippen LogP contribution < -0.4 is 0 Å². The number of fused-ring (bicyclic) bond motifs is 1. The number of aliphatic hydroxyl groups excluding tert-OH is 1. The van der Waals surface area contributed by atoms with Gasteiger partial charge in [0.15, 0.2) is 0 Å². The second-order valence-corrected chi connectivity index (χ2v) is 7.44. The normalized spacial score (nSPS) is 19.5. The summed E-state index contributed by atoms with van der Waals surface area (Å²) in [5.41, 5.74) is 3.95. The molecule has 2 unspecified atom stereocenters. The van der Waals surface area contributed by atoms with Crippen molar-refractivity contribution in [1.82, 2.24) is 20.1 Å². The molecule has 2 N–H and O–H groups in total. The molecule has 1 aliphatic rings. The molecule has 5 nitrogen and oxygen atoms in total. The van der Waals surface area contributed by atoms with E-state index in [2.05, 4.69) is 27.0 Å². The zero-order valence-corrected chi connectivity index (χ0v) is 15.7. The van der Waals surface area contributed by atoms with Gasteiger partial charge in [-0.3, -0.25) is 0 Å². The van der Waals surface area contributed by atoms with E-state index in [4.69, 9.17) is 0 Å². The summed E-state index contributed by atoms with van der Waals surface area (Å²) in [4.78, 5) is 5.30. The molecule has 1 aromatic carbocycles. The first-order valence-corrected chi connectivity index (χ1v) is 9.58. The van der Waals surface area contributed by atoms with Gasteiger partial charge in [-0.25, -0.2) is 4.39 Å². The number of aromatic nitrogens is 3. The first-order chi connectivity index (χ1) is 13.1. The number of nitrogens with one attached hydrogen (secondary N) is 1. The van der Waals surface area contributed by atoms with E-state index >= 15 is 0 Å². The summed E-state index contributed by atoms with van der Waals surface area (Å²) in [7, 11) is 0. The monoisotopic (exact) mass is 368 g/mol. The van der Waals surface area contributed by atoms with Gasteiger partial charge in [-0.1, -0.05) is 13.0 Å². The largest absolute Gasteiger partial charge is 0.386 e. The SMILES string of the molecule is CCN1CCCC(C(O)c2cc(C)c(-c3ccc4c(F)c[nH]c4c3)nn2)C1. The fourth-order valence-electron chi connectivity index (χ4n) is 4.05. The highest BCUT2D eigenvalue weighted by atomic mass is 19.1. The highest BCUT2D eigenvalue weighted by Crippen LogP contribution is 2.31. The van der Waals surface area contributed by atoms with E-state index in [1.165, 1.54) is 6.20 Å². The number of hydrogen-bond donors (Lipinski definition) is 2.